The molecule has 3 N–H and O–H groups in total. The van der Waals surface area contributed by atoms with Crippen molar-refractivity contribution >= 4 is 5.71 Å². The van der Waals surface area contributed by atoms with Crippen LogP contribution in [-0.2, 0) is 0 Å². The molecule has 0 bridgehead atoms. The monoisotopic (exact) mass is 163 g/mol. The Hall–Kier alpha value is -1.22. The lowest BCUT2D eigenvalue weighted by Gasteiger charge is -2.05. The molecule has 0 saturated carbocycles. The van der Waals surface area contributed by atoms with Gasteiger partial charge in [-0.25, -0.2) is 0 Å². The fourth-order valence-electron chi connectivity index (χ4n) is 0.981. The molecule has 0 aliphatic rings. The van der Waals surface area contributed by atoms with Gasteiger partial charge in [0.15, 0.2) is 0 Å². The van der Waals surface area contributed by atoms with Crippen LogP contribution in [0.1, 0.15) is 18.9 Å². The second-order valence-electron chi connectivity index (χ2n) is 2.90. The van der Waals surface area contributed by atoms with Gasteiger partial charge >= 0.3 is 0 Å². The molecule has 0 aliphatic heterocycles. The van der Waals surface area contributed by atoms with Gasteiger partial charge in [0, 0.05) is 36.1 Å². The molecule has 1 atom stereocenters. The number of nitrogens with two attached hydrogens (primary N) is 1. The SMILES string of the molecule is C[C@H](N)CC(=N)c1cccnc1. The average molecular weight is 163 g/mol. The minimum Gasteiger partial charge on any atom is -0.328 e. The first-order valence-electron chi connectivity index (χ1n) is 3.93. The number of pyridine rings is 1. The number of hydrogen-bond acceptors (Lipinski definition) is 3. The molecule has 3 nitrogen and oxygen atoms in total. The molecular weight excluding hydrogens is 150 g/mol. The zero-order valence-corrected chi connectivity index (χ0v) is 7.12. The topological polar surface area (TPSA) is 62.8 Å². The standard InChI is InChI=1S/C9H13N3/c1-7(10)5-9(11)8-3-2-4-12-6-8/h2-4,6-7,11H,5,10H2,1H3/t7-/m0/s1. The highest BCUT2D eigenvalue weighted by molar-refractivity contribution is 5.98. The molecule has 64 valence electrons. The predicted octanol–water partition coefficient (Wildman–Crippen LogP) is 1.19. The van der Waals surface area contributed by atoms with Crippen LogP contribution in [0.4, 0.5) is 0 Å². The molecule has 1 aromatic rings. The summed E-state index contributed by atoms with van der Waals surface area (Å²) in [5.74, 6) is 0. The fraction of sp³-hybridized carbons (Fsp3) is 0.333. The highest BCUT2D eigenvalue weighted by atomic mass is 14.6. The van der Waals surface area contributed by atoms with Gasteiger partial charge in [0.05, 0.1) is 0 Å². The maximum Gasteiger partial charge on any atom is 0.0416 e. The Kier molecular flexibility index (Phi) is 2.94. The highest BCUT2D eigenvalue weighted by Crippen LogP contribution is 2.01. The molecule has 1 heterocycles. The molecule has 0 saturated heterocycles. The van der Waals surface area contributed by atoms with Crippen LogP contribution in [0.25, 0.3) is 0 Å². The Morgan fingerprint density at radius 3 is 3.00 bits per heavy atom. The highest BCUT2D eigenvalue weighted by Gasteiger charge is 2.03. The van der Waals surface area contributed by atoms with Gasteiger partial charge in [0.1, 0.15) is 0 Å². The Balaban J connectivity index is 2.66. The number of nitrogens with one attached hydrogen (secondary N) is 1. The summed E-state index contributed by atoms with van der Waals surface area (Å²) in [6, 6.07) is 3.74. The van der Waals surface area contributed by atoms with Gasteiger partial charge in [0.25, 0.3) is 0 Å². The van der Waals surface area contributed by atoms with Crippen LogP contribution in [0.2, 0.25) is 0 Å². The maximum absolute atomic E-state index is 7.64. The lowest BCUT2D eigenvalue weighted by molar-refractivity contribution is 0.776. The minimum absolute atomic E-state index is 0.0395. The van der Waals surface area contributed by atoms with Gasteiger partial charge in [-0.3, -0.25) is 4.98 Å². The summed E-state index contributed by atoms with van der Waals surface area (Å²) in [5, 5.41) is 7.64. The van der Waals surface area contributed by atoms with E-state index >= 15 is 0 Å². The molecule has 0 unspecified atom stereocenters. The average Bonchev–Trinajstić information content (AvgIpc) is 2.05. The van der Waals surface area contributed by atoms with Crippen LogP contribution in [0.15, 0.2) is 24.5 Å². The third-order valence-corrected chi connectivity index (χ3v) is 1.54. The number of hydrogen-bond donors (Lipinski definition) is 2. The molecule has 0 aromatic carbocycles. The smallest absolute Gasteiger partial charge is 0.0416 e. The number of aromatic nitrogens is 1. The van der Waals surface area contributed by atoms with E-state index in [1.165, 1.54) is 0 Å². The molecule has 0 fully saturated rings. The summed E-state index contributed by atoms with van der Waals surface area (Å²) in [6.45, 7) is 1.89. The molecule has 0 aliphatic carbocycles. The zero-order chi connectivity index (χ0) is 8.97. The van der Waals surface area contributed by atoms with Crippen molar-refractivity contribution in [3.05, 3.63) is 30.1 Å². The zero-order valence-electron chi connectivity index (χ0n) is 7.12. The van der Waals surface area contributed by atoms with Crippen LogP contribution in [-0.4, -0.2) is 16.7 Å². The third-order valence-electron chi connectivity index (χ3n) is 1.54. The van der Waals surface area contributed by atoms with E-state index in [1.54, 1.807) is 12.4 Å². The van der Waals surface area contributed by atoms with Gasteiger partial charge in [0.2, 0.25) is 0 Å². The Labute approximate surface area is 72.1 Å². The van der Waals surface area contributed by atoms with Crippen molar-refractivity contribution in [2.75, 3.05) is 0 Å². The first kappa shape index (κ1) is 8.87. The molecule has 0 spiro atoms. The lowest BCUT2D eigenvalue weighted by Crippen LogP contribution is -2.19. The summed E-state index contributed by atoms with van der Waals surface area (Å²) in [7, 11) is 0. The van der Waals surface area contributed by atoms with E-state index in [0.717, 1.165) is 5.56 Å². The molecular formula is C9H13N3. The second-order valence-corrected chi connectivity index (χ2v) is 2.90. The van der Waals surface area contributed by atoms with Crippen LogP contribution >= 0.6 is 0 Å². The van der Waals surface area contributed by atoms with Gasteiger partial charge < -0.3 is 11.1 Å². The lowest BCUT2D eigenvalue weighted by atomic mass is 10.1. The van der Waals surface area contributed by atoms with Crippen molar-refractivity contribution in [3.8, 4) is 0 Å². The molecule has 3 heteroatoms. The number of rotatable bonds is 3. The summed E-state index contributed by atoms with van der Waals surface area (Å²) in [4.78, 5) is 3.93. The van der Waals surface area contributed by atoms with Crippen LogP contribution < -0.4 is 5.73 Å². The van der Waals surface area contributed by atoms with Gasteiger partial charge in [-0.1, -0.05) is 6.07 Å². The first-order chi connectivity index (χ1) is 5.70. The summed E-state index contributed by atoms with van der Waals surface area (Å²) >= 11 is 0. The molecule has 1 aromatic heterocycles. The van der Waals surface area contributed by atoms with Crippen molar-refractivity contribution in [1.29, 1.82) is 5.41 Å². The maximum atomic E-state index is 7.64. The largest absolute Gasteiger partial charge is 0.328 e. The van der Waals surface area contributed by atoms with Crippen molar-refractivity contribution < 1.29 is 0 Å². The van der Waals surface area contributed by atoms with E-state index in [2.05, 4.69) is 4.98 Å². The Morgan fingerprint density at radius 1 is 1.75 bits per heavy atom. The second kappa shape index (κ2) is 3.97. The summed E-state index contributed by atoms with van der Waals surface area (Å²) in [5.41, 5.74) is 6.98. The van der Waals surface area contributed by atoms with Crippen molar-refractivity contribution in [2.24, 2.45) is 5.73 Å². The van der Waals surface area contributed by atoms with E-state index in [4.69, 9.17) is 11.1 Å². The first-order valence-corrected chi connectivity index (χ1v) is 3.93. The molecule has 1 rings (SSSR count). The van der Waals surface area contributed by atoms with Crippen LogP contribution in [0.3, 0.4) is 0 Å². The van der Waals surface area contributed by atoms with Gasteiger partial charge in [-0.05, 0) is 13.0 Å². The van der Waals surface area contributed by atoms with E-state index < -0.39 is 0 Å². The molecule has 0 radical (unpaired) electrons. The van der Waals surface area contributed by atoms with Crippen molar-refractivity contribution in [1.82, 2.24) is 4.98 Å². The van der Waals surface area contributed by atoms with E-state index in [9.17, 15) is 0 Å². The predicted molar refractivity (Wildman–Crippen MR) is 49.3 cm³/mol. The van der Waals surface area contributed by atoms with Crippen molar-refractivity contribution in [3.63, 3.8) is 0 Å². The summed E-state index contributed by atoms with van der Waals surface area (Å²) < 4.78 is 0. The fourth-order valence-corrected chi connectivity index (χ4v) is 0.981. The van der Waals surface area contributed by atoms with Crippen molar-refractivity contribution in [2.45, 2.75) is 19.4 Å². The summed E-state index contributed by atoms with van der Waals surface area (Å²) in [6.07, 6.45) is 3.99. The number of nitrogens with zero attached hydrogens (tertiary/aromatic N) is 1. The molecule has 0 amide bonds. The van der Waals surface area contributed by atoms with Gasteiger partial charge in [-0.15, -0.1) is 0 Å². The van der Waals surface area contributed by atoms with Gasteiger partial charge in [-0.2, -0.15) is 0 Å². The van der Waals surface area contributed by atoms with E-state index in [0.29, 0.717) is 12.1 Å². The van der Waals surface area contributed by atoms with Crippen LogP contribution in [0.5, 0.6) is 0 Å². The molecule has 12 heavy (non-hydrogen) atoms. The third kappa shape index (κ3) is 2.43. The van der Waals surface area contributed by atoms with E-state index in [-0.39, 0.29) is 6.04 Å². The Morgan fingerprint density at radius 2 is 2.50 bits per heavy atom. The van der Waals surface area contributed by atoms with Crippen LogP contribution in [0, 0.1) is 5.41 Å². The quantitative estimate of drug-likeness (QED) is 0.657. The Bertz CT molecular complexity index is 254. The minimum atomic E-state index is 0.0395. The van der Waals surface area contributed by atoms with E-state index in [1.807, 2.05) is 19.1 Å². The normalized spacial score (nSPS) is 12.5.